The van der Waals surface area contributed by atoms with Gasteiger partial charge in [-0.1, -0.05) is 17.7 Å². The monoisotopic (exact) mass is 304 g/mol. The maximum atomic E-state index is 12.0. The van der Waals surface area contributed by atoms with Crippen LogP contribution in [0.15, 0.2) is 42.6 Å². The standard InChI is InChI=1S/C15H13ClN2O3/c1-9(15(20)21)11-4-7-13(17-8-11)18-14(19)10-2-5-12(16)6-3-10/h2-9H,1H3,(H,20,21)(H,17,18,19)/t9-/m1/s1. The highest BCUT2D eigenvalue weighted by Crippen LogP contribution is 2.16. The molecule has 1 aromatic heterocycles. The summed E-state index contributed by atoms with van der Waals surface area (Å²) >= 11 is 5.76. The predicted molar refractivity (Wildman–Crippen MR) is 79.7 cm³/mol. The molecule has 1 aromatic carbocycles. The number of aromatic nitrogens is 1. The maximum Gasteiger partial charge on any atom is 0.310 e. The van der Waals surface area contributed by atoms with Crippen molar-refractivity contribution in [2.45, 2.75) is 12.8 Å². The minimum absolute atomic E-state index is 0.307. The van der Waals surface area contributed by atoms with Gasteiger partial charge in [-0.2, -0.15) is 0 Å². The molecule has 0 radical (unpaired) electrons. The molecule has 2 rings (SSSR count). The van der Waals surface area contributed by atoms with Crippen LogP contribution in [0.2, 0.25) is 5.02 Å². The third-order valence-corrected chi connectivity index (χ3v) is 3.26. The van der Waals surface area contributed by atoms with Crippen LogP contribution >= 0.6 is 11.6 Å². The zero-order chi connectivity index (χ0) is 15.4. The number of anilines is 1. The van der Waals surface area contributed by atoms with Crippen LogP contribution in [0, 0.1) is 0 Å². The van der Waals surface area contributed by atoms with Crippen LogP contribution in [-0.4, -0.2) is 22.0 Å². The van der Waals surface area contributed by atoms with E-state index in [0.29, 0.717) is 22.0 Å². The highest BCUT2D eigenvalue weighted by atomic mass is 35.5. The quantitative estimate of drug-likeness (QED) is 0.909. The van der Waals surface area contributed by atoms with E-state index in [1.165, 1.54) is 6.20 Å². The molecular formula is C15H13ClN2O3. The van der Waals surface area contributed by atoms with Crippen molar-refractivity contribution in [1.29, 1.82) is 0 Å². The van der Waals surface area contributed by atoms with E-state index in [0.717, 1.165) is 0 Å². The summed E-state index contributed by atoms with van der Waals surface area (Å²) in [6.45, 7) is 1.57. The Morgan fingerprint density at radius 3 is 2.38 bits per heavy atom. The van der Waals surface area contributed by atoms with Gasteiger partial charge in [0.1, 0.15) is 5.82 Å². The Bertz CT molecular complexity index is 654. The molecule has 0 aliphatic carbocycles. The average molecular weight is 305 g/mol. The molecule has 108 valence electrons. The molecule has 21 heavy (non-hydrogen) atoms. The number of benzene rings is 1. The van der Waals surface area contributed by atoms with Crippen molar-refractivity contribution in [3.8, 4) is 0 Å². The van der Waals surface area contributed by atoms with E-state index in [2.05, 4.69) is 10.3 Å². The average Bonchev–Trinajstić information content (AvgIpc) is 2.47. The minimum Gasteiger partial charge on any atom is -0.481 e. The molecule has 0 unspecified atom stereocenters. The molecule has 0 bridgehead atoms. The van der Waals surface area contributed by atoms with E-state index < -0.39 is 11.9 Å². The van der Waals surface area contributed by atoms with Gasteiger partial charge in [-0.15, -0.1) is 0 Å². The lowest BCUT2D eigenvalue weighted by Crippen LogP contribution is -2.13. The van der Waals surface area contributed by atoms with E-state index in [1.807, 2.05) is 0 Å². The highest BCUT2D eigenvalue weighted by Gasteiger charge is 2.14. The number of nitrogens with one attached hydrogen (secondary N) is 1. The van der Waals surface area contributed by atoms with E-state index in [-0.39, 0.29) is 5.91 Å². The SMILES string of the molecule is C[C@@H](C(=O)O)c1ccc(NC(=O)c2ccc(Cl)cc2)nc1. The second kappa shape index (κ2) is 6.37. The number of nitrogens with zero attached hydrogens (tertiary/aromatic N) is 1. The number of pyridine rings is 1. The molecule has 0 saturated heterocycles. The molecule has 1 amide bonds. The number of rotatable bonds is 4. The molecule has 0 fully saturated rings. The summed E-state index contributed by atoms with van der Waals surface area (Å²) in [5, 5.41) is 12.1. The number of hydrogen-bond acceptors (Lipinski definition) is 3. The third kappa shape index (κ3) is 3.79. The third-order valence-electron chi connectivity index (χ3n) is 3.00. The Hall–Kier alpha value is -2.40. The maximum absolute atomic E-state index is 12.0. The number of halogens is 1. The van der Waals surface area contributed by atoms with Gasteiger partial charge < -0.3 is 10.4 Å². The Morgan fingerprint density at radius 1 is 1.19 bits per heavy atom. The molecule has 2 N–H and O–H groups in total. The summed E-state index contributed by atoms with van der Waals surface area (Å²) in [6.07, 6.45) is 1.44. The second-order valence-electron chi connectivity index (χ2n) is 4.50. The first-order chi connectivity index (χ1) is 9.97. The molecule has 0 saturated carbocycles. The molecule has 0 spiro atoms. The summed E-state index contributed by atoms with van der Waals surface area (Å²) < 4.78 is 0. The lowest BCUT2D eigenvalue weighted by Gasteiger charge is -2.08. The van der Waals surface area contributed by atoms with Crippen molar-refractivity contribution >= 4 is 29.3 Å². The zero-order valence-corrected chi connectivity index (χ0v) is 12.0. The van der Waals surface area contributed by atoms with Crippen molar-refractivity contribution in [3.05, 3.63) is 58.7 Å². The van der Waals surface area contributed by atoms with Crippen LogP contribution in [0.5, 0.6) is 0 Å². The normalized spacial score (nSPS) is 11.7. The smallest absolute Gasteiger partial charge is 0.310 e. The van der Waals surface area contributed by atoms with E-state index in [9.17, 15) is 9.59 Å². The van der Waals surface area contributed by atoms with Crippen LogP contribution < -0.4 is 5.32 Å². The fourth-order valence-electron chi connectivity index (χ4n) is 1.67. The van der Waals surface area contributed by atoms with Gasteiger partial charge in [-0.25, -0.2) is 4.98 Å². The Kier molecular flexibility index (Phi) is 4.55. The summed E-state index contributed by atoms with van der Waals surface area (Å²) in [4.78, 5) is 26.9. The predicted octanol–water partition coefficient (Wildman–Crippen LogP) is 3.18. The summed E-state index contributed by atoms with van der Waals surface area (Å²) in [6, 6.07) is 9.67. The fraction of sp³-hybridized carbons (Fsp3) is 0.133. The first kappa shape index (κ1) is 15.0. The van der Waals surface area contributed by atoms with E-state index in [4.69, 9.17) is 16.7 Å². The summed E-state index contributed by atoms with van der Waals surface area (Å²) in [5.74, 6) is -1.51. The number of carbonyl (C=O) groups is 2. The van der Waals surface area contributed by atoms with Gasteiger partial charge in [0.05, 0.1) is 5.92 Å². The number of aliphatic carboxylic acids is 1. The van der Waals surface area contributed by atoms with Gasteiger partial charge in [-0.3, -0.25) is 9.59 Å². The van der Waals surface area contributed by atoms with Crippen molar-refractivity contribution in [1.82, 2.24) is 4.98 Å². The van der Waals surface area contributed by atoms with Gasteiger partial charge in [0.25, 0.3) is 5.91 Å². The van der Waals surface area contributed by atoms with E-state index >= 15 is 0 Å². The lowest BCUT2D eigenvalue weighted by molar-refractivity contribution is -0.138. The van der Waals surface area contributed by atoms with Gasteiger partial charge >= 0.3 is 5.97 Å². The van der Waals surface area contributed by atoms with E-state index in [1.54, 1.807) is 43.3 Å². The zero-order valence-electron chi connectivity index (χ0n) is 11.2. The first-order valence-corrected chi connectivity index (χ1v) is 6.61. The molecule has 6 heteroatoms. The topological polar surface area (TPSA) is 79.3 Å². The van der Waals surface area contributed by atoms with Gasteiger partial charge in [0.15, 0.2) is 0 Å². The van der Waals surface area contributed by atoms with Gasteiger partial charge in [-0.05, 0) is 42.8 Å². The number of hydrogen-bond donors (Lipinski definition) is 2. The molecule has 1 heterocycles. The molecule has 1 atom stereocenters. The van der Waals surface area contributed by atoms with Crippen molar-refractivity contribution in [3.63, 3.8) is 0 Å². The molecular weight excluding hydrogens is 292 g/mol. The van der Waals surface area contributed by atoms with Gasteiger partial charge in [0, 0.05) is 16.8 Å². The second-order valence-corrected chi connectivity index (χ2v) is 4.93. The van der Waals surface area contributed by atoms with Crippen LogP contribution in [-0.2, 0) is 4.79 Å². The van der Waals surface area contributed by atoms with Crippen molar-refractivity contribution in [2.24, 2.45) is 0 Å². The van der Waals surface area contributed by atoms with Crippen LogP contribution in [0.1, 0.15) is 28.8 Å². The Labute approximate surface area is 126 Å². The Morgan fingerprint density at radius 2 is 1.86 bits per heavy atom. The largest absolute Gasteiger partial charge is 0.481 e. The lowest BCUT2D eigenvalue weighted by atomic mass is 10.0. The number of carbonyl (C=O) groups excluding carboxylic acids is 1. The fourth-order valence-corrected chi connectivity index (χ4v) is 1.79. The number of amides is 1. The van der Waals surface area contributed by atoms with Crippen LogP contribution in [0.25, 0.3) is 0 Å². The molecule has 0 aliphatic heterocycles. The Balaban J connectivity index is 2.08. The van der Waals surface area contributed by atoms with Crippen molar-refractivity contribution in [2.75, 3.05) is 5.32 Å². The summed E-state index contributed by atoms with van der Waals surface area (Å²) in [7, 11) is 0. The van der Waals surface area contributed by atoms with Crippen molar-refractivity contribution < 1.29 is 14.7 Å². The summed E-state index contributed by atoms with van der Waals surface area (Å²) in [5.41, 5.74) is 1.04. The molecule has 5 nitrogen and oxygen atoms in total. The van der Waals surface area contributed by atoms with Crippen LogP contribution in [0.3, 0.4) is 0 Å². The number of carboxylic acid groups (broad SMARTS) is 1. The minimum atomic E-state index is -0.922. The highest BCUT2D eigenvalue weighted by molar-refractivity contribution is 6.30. The molecule has 2 aromatic rings. The molecule has 0 aliphatic rings. The first-order valence-electron chi connectivity index (χ1n) is 6.23. The van der Waals surface area contributed by atoms with Crippen LogP contribution in [0.4, 0.5) is 5.82 Å². The number of carboxylic acids is 1. The van der Waals surface area contributed by atoms with Gasteiger partial charge in [0.2, 0.25) is 0 Å².